The molecule has 0 radical (unpaired) electrons. The first-order chi connectivity index (χ1) is 17.9. The van der Waals surface area contributed by atoms with Gasteiger partial charge in [0.05, 0.1) is 18.4 Å². The number of aryl methyl sites for hydroxylation is 2. The second kappa shape index (κ2) is 11.9. The number of ether oxygens (including phenoxy) is 3. The molecular formula is C30H28N2O5. The number of benzene rings is 4. The Labute approximate surface area is 215 Å². The van der Waals surface area contributed by atoms with Crippen LogP contribution >= 0.6 is 0 Å². The number of hydrogen-bond acceptors (Lipinski definition) is 6. The molecule has 188 valence electrons. The van der Waals surface area contributed by atoms with Crippen LogP contribution in [0, 0.1) is 13.8 Å². The SMILES string of the molecule is CCOc1cc(/C=N/NC(=O)COc2ccc(C)c(C)c2)ccc1OC(=O)c1cccc2ccccc12. The summed E-state index contributed by atoms with van der Waals surface area (Å²) >= 11 is 0. The third kappa shape index (κ3) is 6.52. The van der Waals surface area contributed by atoms with Crippen LogP contribution in [0.3, 0.4) is 0 Å². The zero-order chi connectivity index (χ0) is 26.2. The van der Waals surface area contributed by atoms with Crippen molar-refractivity contribution in [2.24, 2.45) is 5.10 Å². The Morgan fingerprint density at radius 1 is 0.865 bits per heavy atom. The van der Waals surface area contributed by atoms with E-state index in [0.717, 1.165) is 21.9 Å². The molecule has 0 saturated carbocycles. The van der Waals surface area contributed by atoms with Gasteiger partial charge < -0.3 is 14.2 Å². The van der Waals surface area contributed by atoms with E-state index < -0.39 is 5.97 Å². The fourth-order valence-corrected chi connectivity index (χ4v) is 3.68. The minimum absolute atomic E-state index is 0.160. The molecule has 4 rings (SSSR count). The van der Waals surface area contributed by atoms with Gasteiger partial charge in [-0.2, -0.15) is 5.10 Å². The first-order valence-corrected chi connectivity index (χ1v) is 11.9. The predicted molar refractivity (Wildman–Crippen MR) is 144 cm³/mol. The highest BCUT2D eigenvalue weighted by molar-refractivity contribution is 6.05. The first-order valence-electron chi connectivity index (χ1n) is 11.9. The zero-order valence-corrected chi connectivity index (χ0v) is 21.0. The van der Waals surface area contributed by atoms with Crippen molar-refractivity contribution in [1.82, 2.24) is 5.43 Å². The van der Waals surface area contributed by atoms with Gasteiger partial charge in [-0.15, -0.1) is 0 Å². The van der Waals surface area contributed by atoms with Gasteiger partial charge in [0.15, 0.2) is 18.1 Å². The fraction of sp³-hybridized carbons (Fsp3) is 0.167. The van der Waals surface area contributed by atoms with Crippen molar-refractivity contribution in [3.63, 3.8) is 0 Å². The van der Waals surface area contributed by atoms with Gasteiger partial charge in [-0.25, -0.2) is 10.2 Å². The number of nitrogens with one attached hydrogen (secondary N) is 1. The van der Waals surface area contributed by atoms with Crippen LogP contribution in [0.25, 0.3) is 10.8 Å². The molecule has 0 heterocycles. The highest BCUT2D eigenvalue weighted by Gasteiger charge is 2.15. The topological polar surface area (TPSA) is 86.2 Å². The van der Waals surface area contributed by atoms with Crippen LogP contribution in [0.1, 0.15) is 34.0 Å². The van der Waals surface area contributed by atoms with Gasteiger partial charge in [0.2, 0.25) is 0 Å². The van der Waals surface area contributed by atoms with Gasteiger partial charge in [0.25, 0.3) is 5.91 Å². The number of nitrogens with zero attached hydrogens (tertiary/aromatic N) is 1. The molecule has 0 saturated heterocycles. The molecule has 0 aliphatic rings. The second-order valence-electron chi connectivity index (χ2n) is 8.38. The van der Waals surface area contributed by atoms with Crippen LogP contribution in [0.5, 0.6) is 17.2 Å². The Morgan fingerprint density at radius 3 is 2.49 bits per heavy atom. The Kier molecular flexibility index (Phi) is 8.15. The van der Waals surface area contributed by atoms with E-state index in [1.54, 1.807) is 24.3 Å². The standard InChI is InChI=1S/C30H28N2O5/c1-4-35-28-17-22(18-31-32-29(33)19-36-24-14-12-20(2)21(3)16-24)13-15-27(28)37-30(34)26-11-7-9-23-8-5-6-10-25(23)26/h5-18H,4,19H2,1-3H3,(H,32,33)/b31-18+. The van der Waals surface area contributed by atoms with E-state index in [4.69, 9.17) is 14.2 Å². The predicted octanol–water partition coefficient (Wildman–Crippen LogP) is 5.60. The van der Waals surface area contributed by atoms with Crippen LogP contribution in [-0.4, -0.2) is 31.3 Å². The van der Waals surface area contributed by atoms with Crippen molar-refractivity contribution in [1.29, 1.82) is 0 Å². The Bertz CT molecular complexity index is 1460. The van der Waals surface area contributed by atoms with E-state index in [0.29, 0.717) is 35.0 Å². The summed E-state index contributed by atoms with van der Waals surface area (Å²) in [5.74, 6) is 0.444. The summed E-state index contributed by atoms with van der Waals surface area (Å²) in [6.07, 6.45) is 1.48. The number of rotatable bonds is 9. The smallest absolute Gasteiger partial charge is 0.344 e. The van der Waals surface area contributed by atoms with Crippen LogP contribution in [0.2, 0.25) is 0 Å². The summed E-state index contributed by atoms with van der Waals surface area (Å²) in [5, 5.41) is 5.76. The first kappa shape index (κ1) is 25.4. The fourth-order valence-electron chi connectivity index (χ4n) is 3.68. The number of carbonyl (C=O) groups excluding carboxylic acids is 2. The van der Waals surface area contributed by atoms with Gasteiger partial charge in [-0.05, 0) is 84.6 Å². The second-order valence-corrected chi connectivity index (χ2v) is 8.38. The summed E-state index contributed by atoms with van der Waals surface area (Å²) in [5.41, 5.74) is 5.81. The van der Waals surface area contributed by atoms with Crippen molar-refractivity contribution in [3.05, 3.63) is 101 Å². The lowest BCUT2D eigenvalue weighted by Gasteiger charge is -2.12. The maximum Gasteiger partial charge on any atom is 0.344 e. The maximum atomic E-state index is 13.0. The van der Waals surface area contributed by atoms with Gasteiger partial charge in [-0.3, -0.25) is 4.79 Å². The Hall–Kier alpha value is -4.65. The summed E-state index contributed by atoms with van der Waals surface area (Å²) in [6.45, 7) is 6.06. The normalized spacial score (nSPS) is 10.9. The van der Waals surface area contributed by atoms with E-state index in [1.165, 1.54) is 6.21 Å². The maximum absolute atomic E-state index is 13.0. The molecule has 4 aromatic rings. The van der Waals surface area contributed by atoms with E-state index in [1.807, 2.05) is 75.4 Å². The molecule has 1 N–H and O–H groups in total. The van der Waals surface area contributed by atoms with Gasteiger partial charge >= 0.3 is 5.97 Å². The molecule has 0 unspecified atom stereocenters. The van der Waals surface area contributed by atoms with E-state index in [-0.39, 0.29) is 12.5 Å². The molecule has 0 aliphatic heterocycles. The molecule has 0 aliphatic carbocycles. The molecule has 7 nitrogen and oxygen atoms in total. The lowest BCUT2D eigenvalue weighted by atomic mass is 10.0. The number of hydrogen-bond donors (Lipinski definition) is 1. The van der Waals surface area contributed by atoms with Crippen molar-refractivity contribution >= 4 is 28.9 Å². The summed E-state index contributed by atoms with van der Waals surface area (Å²) in [7, 11) is 0. The molecule has 7 heteroatoms. The van der Waals surface area contributed by atoms with Crippen molar-refractivity contribution in [2.45, 2.75) is 20.8 Å². The quantitative estimate of drug-likeness (QED) is 0.141. The molecule has 4 aromatic carbocycles. The van der Waals surface area contributed by atoms with Crippen molar-refractivity contribution < 1.29 is 23.8 Å². The average molecular weight is 497 g/mol. The molecule has 0 atom stereocenters. The van der Waals surface area contributed by atoms with E-state index >= 15 is 0 Å². The minimum atomic E-state index is -0.477. The largest absolute Gasteiger partial charge is 0.490 e. The van der Waals surface area contributed by atoms with Crippen molar-refractivity contribution in [2.75, 3.05) is 13.2 Å². The number of hydrazone groups is 1. The molecule has 0 fully saturated rings. The lowest BCUT2D eigenvalue weighted by Crippen LogP contribution is -2.24. The zero-order valence-electron chi connectivity index (χ0n) is 21.0. The van der Waals surface area contributed by atoms with Crippen LogP contribution < -0.4 is 19.6 Å². The molecule has 1 amide bonds. The molecular weight excluding hydrogens is 468 g/mol. The summed E-state index contributed by atoms with van der Waals surface area (Å²) < 4.78 is 16.9. The van der Waals surface area contributed by atoms with Crippen LogP contribution in [0.15, 0.2) is 84.0 Å². The number of amides is 1. The van der Waals surface area contributed by atoms with Gasteiger partial charge in [0, 0.05) is 0 Å². The van der Waals surface area contributed by atoms with E-state index in [9.17, 15) is 9.59 Å². The van der Waals surface area contributed by atoms with Gasteiger partial charge in [0.1, 0.15) is 5.75 Å². The van der Waals surface area contributed by atoms with E-state index in [2.05, 4.69) is 10.5 Å². The molecule has 0 spiro atoms. The third-order valence-electron chi connectivity index (χ3n) is 5.73. The Balaban J connectivity index is 1.40. The molecule has 0 bridgehead atoms. The highest BCUT2D eigenvalue weighted by atomic mass is 16.6. The number of esters is 1. The Morgan fingerprint density at radius 2 is 1.68 bits per heavy atom. The lowest BCUT2D eigenvalue weighted by molar-refractivity contribution is -0.123. The monoisotopic (exact) mass is 496 g/mol. The minimum Gasteiger partial charge on any atom is -0.490 e. The highest BCUT2D eigenvalue weighted by Crippen LogP contribution is 2.30. The summed E-state index contributed by atoms with van der Waals surface area (Å²) in [4.78, 5) is 25.1. The molecule has 37 heavy (non-hydrogen) atoms. The number of carbonyl (C=O) groups is 2. The third-order valence-corrected chi connectivity index (χ3v) is 5.73. The average Bonchev–Trinajstić information content (AvgIpc) is 2.90. The summed E-state index contributed by atoms with van der Waals surface area (Å²) in [6, 6.07) is 23.8. The van der Waals surface area contributed by atoms with Gasteiger partial charge in [-0.1, -0.05) is 42.5 Å². The number of fused-ring (bicyclic) bond motifs is 1. The van der Waals surface area contributed by atoms with Crippen LogP contribution in [-0.2, 0) is 4.79 Å². The van der Waals surface area contributed by atoms with Crippen LogP contribution in [0.4, 0.5) is 0 Å². The molecule has 0 aromatic heterocycles. The van der Waals surface area contributed by atoms with Crippen molar-refractivity contribution in [3.8, 4) is 17.2 Å².